The SMILES string of the molecule is COc1ccccc1SC[C@@H]1O[C@H](c2cccc(-c3cccc(CNC(=O)CCC(=O)O)c3)c2)O[C@H](c2ccc(CO)cc2)[C@@H]1C. The van der Waals surface area contributed by atoms with Gasteiger partial charge in [0.15, 0.2) is 6.29 Å². The molecule has 4 atom stereocenters. The summed E-state index contributed by atoms with van der Waals surface area (Å²) in [7, 11) is 1.68. The summed E-state index contributed by atoms with van der Waals surface area (Å²) in [5.74, 6) is 0.283. The zero-order valence-corrected chi connectivity index (χ0v) is 26.7. The number of nitrogens with one attached hydrogen (secondary N) is 1. The van der Waals surface area contributed by atoms with Crippen molar-refractivity contribution >= 4 is 23.6 Å². The highest BCUT2D eigenvalue weighted by Gasteiger charge is 2.38. The number of hydrogen-bond donors (Lipinski definition) is 3. The smallest absolute Gasteiger partial charge is 0.303 e. The molecule has 0 saturated carbocycles. The second-order valence-corrected chi connectivity index (χ2v) is 12.3. The Labute approximate surface area is 273 Å². The molecule has 0 aromatic heterocycles. The zero-order chi connectivity index (χ0) is 32.5. The minimum atomic E-state index is -0.996. The number of carboxylic acid groups (broad SMARTS) is 1. The first-order valence-electron chi connectivity index (χ1n) is 15.3. The lowest BCUT2D eigenvalue weighted by molar-refractivity contribution is -0.268. The molecule has 1 aliphatic heterocycles. The second kappa shape index (κ2) is 15.9. The van der Waals surface area contributed by atoms with Crippen LogP contribution in [0.4, 0.5) is 0 Å². The molecule has 0 bridgehead atoms. The van der Waals surface area contributed by atoms with E-state index in [0.717, 1.165) is 44.0 Å². The minimum Gasteiger partial charge on any atom is -0.496 e. The van der Waals surface area contributed by atoms with Gasteiger partial charge in [-0.25, -0.2) is 0 Å². The number of amides is 1. The Bertz CT molecular complexity index is 1630. The average molecular weight is 642 g/mol. The number of carbonyl (C=O) groups is 2. The molecule has 1 aliphatic rings. The van der Waals surface area contributed by atoms with Crippen molar-refractivity contribution < 1.29 is 34.0 Å². The molecule has 1 amide bonds. The normalized spacial score (nSPS) is 19.4. The number of methoxy groups -OCH3 is 1. The van der Waals surface area contributed by atoms with E-state index in [0.29, 0.717) is 12.3 Å². The van der Waals surface area contributed by atoms with Gasteiger partial charge in [0.1, 0.15) is 5.75 Å². The van der Waals surface area contributed by atoms with E-state index in [1.54, 1.807) is 18.9 Å². The maximum Gasteiger partial charge on any atom is 0.303 e. The third-order valence-electron chi connectivity index (χ3n) is 8.07. The van der Waals surface area contributed by atoms with Crippen LogP contribution in [0.2, 0.25) is 0 Å². The van der Waals surface area contributed by atoms with Crippen molar-refractivity contribution in [3.8, 4) is 16.9 Å². The Balaban J connectivity index is 1.37. The van der Waals surface area contributed by atoms with Crippen molar-refractivity contribution in [3.63, 3.8) is 0 Å². The molecule has 46 heavy (non-hydrogen) atoms. The van der Waals surface area contributed by atoms with E-state index in [1.807, 2.05) is 84.9 Å². The minimum absolute atomic E-state index is 0.0175. The number of para-hydroxylation sites is 1. The van der Waals surface area contributed by atoms with Crippen LogP contribution in [0.25, 0.3) is 11.1 Å². The van der Waals surface area contributed by atoms with E-state index in [4.69, 9.17) is 19.3 Å². The number of aliphatic carboxylic acids is 1. The van der Waals surface area contributed by atoms with Gasteiger partial charge in [0, 0.05) is 35.1 Å². The van der Waals surface area contributed by atoms with Gasteiger partial charge in [-0.3, -0.25) is 9.59 Å². The van der Waals surface area contributed by atoms with Crippen LogP contribution in [-0.4, -0.2) is 41.1 Å². The molecule has 0 aliphatic carbocycles. The first kappa shape index (κ1) is 33.2. The summed E-state index contributed by atoms with van der Waals surface area (Å²) in [4.78, 5) is 23.9. The van der Waals surface area contributed by atoms with Crippen molar-refractivity contribution in [1.82, 2.24) is 5.32 Å². The molecule has 5 rings (SSSR count). The second-order valence-electron chi connectivity index (χ2n) is 11.3. The van der Waals surface area contributed by atoms with Crippen LogP contribution >= 0.6 is 11.8 Å². The average Bonchev–Trinajstić information content (AvgIpc) is 3.09. The molecule has 1 heterocycles. The fraction of sp³-hybridized carbons (Fsp3) is 0.297. The number of benzene rings is 4. The van der Waals surface area contributed by atoms with E-state index in [2.05, 4.69) is 24.4 Å². The molecular formula is C37H39NO7S. The largest absolute Gasteiger partial charge is 0.496 e. The van der Waals surface area contributed by atoms with Gasteiger partial charge in [-0.05, 0) is 52.1 Å². The molecule has 0 spiro atoms. The number of carbonyl (C=O) groups excluding carboxylic acids is 1. The van der Waals surface area contributed by atoms with Crippen molar-refractivity contribution in [2.75, 3.05) is 12.9 Å². The molecule has 3 N–H and O–H groups in total. The van der Waals surface area contributed by atoms with Gasteiger partial charge >= 0.3 is 5.97 Å². The molecule has 1 saturated heterocycles. The number of carboxylic acids is 1. The lowest BCUT2D eigenvalue weighted by Crippen LogP contribution is -2.38. The van der Waals surface area contributed by atoms with Crippen molar-refractivity contribution in [2.24, 2.45) is 5.92 Å². The number of aliphatic hydroxyl groups is 1. The lowest BCUT2D eigenvalue weighted by Gasteiger charge is -2.41. The standard InChI is InChI=1S/C37H39NO7S/c1-24-32(23-46-33-12-4-3-11-31(33)43-2)44-37(45-36(24)27-15-13-25(22-39)14-16-27)30-10-6-9-29(20-30)28-8-5-7-26(19-28)21-38-34(40)17-18-35(41)42/h3-16,19-20,24,32,36-37,39H,17-18,21-23H2,1-2H3,(H,38,40)(H,41,42)/t24-,32+,36+,37+/m1/s1. The van der Waals surface area contributed by atoms with Crippen molar-refractivity contribution in [1.29, 1.82) is 0 Å². The topological polar surface area (TPSA) is 114 Å². The van der Waals surface area contributed by atoms with Gasteiger partial charge in [0.2, 0.25) is 5.91 Å². The molecular weight excluding hydrogens is 602 g/mol. The molecule has 4 aromatic carbocycles. The van der Waals surface area contributed by atoms with Crippen LogP contribution in [0.3, 0.4) is 0 Å². The van der Waals surface area contributed by atoms with Crippen LogP contribution in [0.15, 0.2) is 102 Å². The van der Waals surface area contributed by atoms with Crippen LogP contribution < -0.4 is 10.1 Å². The maximum absolute atomic E-state index is 12.0. The van der Waals surface area contributed by atoms with Crippen molar-refractivity contribution in [2.45, 2.75) is 56.3 Å². The first-order valence-corrected chi connectivity index (χ1v) is 16.3. The third-order valence-corrected chi connectivity index (χ3v) is 9.21. The summed E-state index contributed by atoms with van der Waals surface area (Å²) in [6.07, 6.45) is -1.22. The fourth-order valence-corrected chi connectivity index (χ4v) is 6.65. The first-order chi connectivity index (χ1) is 22.3. The van der Waals surface area contributed by atoms with E-state index in [1.165, 1.54) is 0 Å². The van der Waals surface area contributed by atoms with E-state index in [-0.39, 0.29) is 43.5 Å². The van der Waals surface area contributed by atoms with E-state index in [9.17, 15) is 14.7 Å². The molecule has 240 valence electrons. The summed E-state index contributed by atoms with van der Waals surface area (Å²) >= 11 is 1.70. The van der Waals surface area contributed by atoms with Crippen LogP contribution in [0.5, 0.6) is 5.75 Å². The fourth-order valence-electron chi connectivity index (χ4n) is 5.46. The van der Waals surface area contributed by atoms with Crippen LogP contribution in [0.1, 0.15) is 54.4 Å². The zero-order valence-electron chi connectivity index (χ0n) is 25.9. The quantitative estimate of drug-likeness (QED) is 0.135. The summed E-state index contributed by atoms with van der Waals surface area (Å²) in [5.41, 5.74) is 5.62. The Morgan fingerprint density at radius 1 is 0.848 bits per heavy atom. The Kier molecular flexibility index (Phi) is 11.5. The number of aliphatic hydroxyl groups excluding tert-OH is 1. The molecule has 8 nitrogen and oxygen atoms in total. The summed E-state index contributed by atoms with van der Waals surface area (Å²) in [6, 6.07) is 31.8. The third kappa shape index (κ3) is 8.55. The highest BCUT2D eigenvalue weighted by molar-refractivity contribution is 7.99. The molecule has 0 unspecified atom stereocenters. The Morgan fingerprint density at radius 2 is 1.59 bits per heavy atom. The highest BCUT2D eigenvalue weighted by atomic mass is 32.2. The monoisotopic (exact) mass is 641 g/mol. The number of rotatable bonds is 13. The molecule has 0 radical (unpaired) electrons. The van der Waals surface area contributed by atoms with E-state index >= 15 is 0 Å². The van der Waals surface area contributed by atoms with Gasteiger partial charge in [-0.15, -0.1) is 11.8 Å². The lowest BCUT2D eigenvalue weighted by atomic mass is 9.91. The van der Waals surface area contributed by atoms with Gasteiger partial charge in [0.25, 0.3) is 0 Å². The van der Waals surface area contributed by atoms with Crippen molar-refractivity contribution in [3.05, 3.63) is 119 Å². The van der Waals surface area contributed by atoms with Crippen LogP contribution in [-0.2, 0) is 32.2 Å². The summed E-state index contributed by atoms with van der Waals surface area (Å²) in [5, 5.41) is 21.2. The number of hydrogen-bond acceptors (Lipinski definition) is 7. The maximum atomic E-state index is 12.0. The Morgan fingerprint density at radius 3 is 2.33 bits per heavy atom. The van der Waals surface area contributed by atoms with Gasteiger partial charge in [-0.2, -0.15) is 0 Å². The Hall–Kier alpha value is -4.15. The summed E-state index contributed by atoms with van der Waals surface area (Å²) < 4.78 is 18.9. The molecule has 4 aromatic rings. The van der Waals surface area contributed by atoms with Gasteiger partial charge in [-0.1, -0.05) is 79.7 Å². The summed E-state index contributed by atoms with van der Waals surface area (Å²) in [6.45, 7) is 2.44. The highest BCUT2D eigenvalue weighted by Crippen LogP contribution is 2.44. The van der Waals surface area contributed by atoms with E-state index < -0.39 is 12.3 Å². The number of ether oxygens (including phenoxy) is 3. The molecule has 9 heteroatoms. The van der Waals surface area contributed by atoms with Crippen LogP contribution in [0, 0.1) is 5.92 Å². The predicted octanol–water partition coefficient (Wildman–Crippen LogP) is 6.92. The molecule has 1 fully saturated rings. The van der Waals surface area contributed by atoms with Gasteiger partial charge in [0.05, 0.1) is 32.3 Å². The predicted molar refractivity (Wildman–Crippen MR) is 177 cm³/mol. The number of thioether (sulfide) groups is 1. The van der Waals surface area contributed by atoms with Gasteiger partial charge < -0.3 is 29.7 Å².